The lowest BCUT2D eigenvalue weighted by molar-refractivity contribution is 0.0336. The Labute approximate surface area is 146 Å². The lowest BCUT2D eigenvalue weighted by Crippen LogP contribution is -2.35. The number of sulfone groups is 1. The Morgan fingerprint density at radius 2 is 1.72 bits per heavy atom. The number of carbonyl (C=O) groups is 1. The summed E-state index contributed by atoms with van der Waals surface area (Å²) < 4.78 is 34.6. The van der Waals surface area contributed by atoms with E-state index in [2.05, 4.69) is 5.32 Å². The maximum absolute atomic E-state index is 12.2. The molecule has 0 saturated carbocycles. The summed E-state index contributed by atoms with van der Waals surface area (Å²) in [6, 6.07) is 15.2. The third kappa shape index (κ3) is 4.30. The first-order valence-corrected chi connectivity index (χ1v) is 9.66. The van der Waals surface area contributed by atoms with Crippen molar-refractivity contribution in [2.45, 2.75) is 12.1 Å². The molecule has 0 bridgehead atoms. The lowest BCUT2D eigenvalue weighted by Gasteiger charge is -2.21. The molecule has 2 aromatic rings. The Morgan fingerprint density at radius 3 is 2.36 bits per heavy atom. The van der Waals surface area contributed by atoms with Gasteiger partial charge in [-0.1, -0.05) is 18.2 Å². The fourth-order valence-electron chi connectivity index (χ4n) is 2.75. The summed E-state index contributed by atoms with van der Waals surface area (Å²) in [6.07, 6.45) is -0.736. The Kier molecular flexibility index (Phi) is 4.94. The van der Waals surface area contributed by atoms with Crippen molar-refractivity contribution in [3.8, 4) is 5.75 Å². The van der Waals surface area contributed by atoms with Gasteiger partial charge < -0.3 is 14.8 Å². The Hall–Kier alpha value is -2.54. The smallest absolute Gasteiger partial charge is 0.338 e. The molecular formula is C18H19NO5S. The van der Waals surface area contributed by atoms with Crippen molar-refractivity contribution >= 4 is 21.5 Å². The van der Waals surface area contributed by atoms with Crippen LogP contribution in [-0.2, 0) is 14.6 Å². The van der Waals surface area contributed by atoms with Gasteiger partial charge >= 0.3 is 5.97 Å². The molecule has 1 fully saturated rings. The molecule has 0 aliphatic carbocycles. The summed E-state index contributed by atoms with van der Waals surface area (Å²) in [5.74, 6) is -0.0774. The second-order valence-electron chi connectivity index (χ2n) is 5.87. The van der Waals surface area contributed by atoms with Crippen LogP contribution >= 0.6 is 0 Å². The SMILES string of the molecule is COc1ccc(NC2CS(=O)(=O)CC2OC(=O)c2ccccc2)cc1. The van der Waals surface area contributed by atoms with Crippen LogP contribution in [0.3, 0.4) is 0 Å². The lowest BCUT2D eigenvalue weighted by atomic mass is 10.2. The van der Waals surface area contributed by atoms with E-state index in [0.29, 0.717) is 11.3 Å². The zero-order valence-corrected chi connectivity index (χ0v) is 14.5. The van der Waals surface area contributed by atoms with Crippen molar-refractivity contribution in [1.82, 2.24) is 0 Å². The minimum absolute atomic E-state index is 0.0776. The number of ether oxygens (including phenoxy) is 2. The molecule has 2 unspecified atom stereocenters. The van der Waals surface area contributed by atoms with E-state index in [9.17, 15) is 13.2 Å². The molecule has 132 valence electrons. The second kappa shape index (κ2) is 7.14. The predicted molar refractivity (Wildman–Crippen MR) is 94.7 cm³/mol. The highest BCUT2D eigenvalue weighted by Gasteiger charge is 2.40. The van der Waals surface area contributed by atoms with E-state index in [1.165, 1.54) is 0 Å². The van der Waals surface area contributed by atoms with Gasteiger partial charge in [0.25, 0.3) is 0 Å². The number of nitrogens with one attached hydrogen (secondary N) is 1. The highest BCUT2D eigenvalue weighted by Crippen LogP contribution is 2.23. The summed E-state index contributed by atoms with van der Waals surface area (Å²) in [6.45, 7) is 0. The average Bonchev–Trinajstić information content (AvgIpc) is 2.89. The molecule has 0 amide bonds. The van der Waals surface area contributed by atoms with E-state index in [-0.39, 0.29) is 11.5 Å². The van der Waals surface area contributed by atoms with Crippen LogP contribution < -0.4 is 10.1 Å². The number of hydrogen-bond donors (Lipinski definition) is 1. The first-order chi connectivity index (χ1) is 12.0. The average molecular weight is 361 g/mol. The van der Waals surface area contributed by atoms with Gasteiger partial charge in [-0.05, 0) is 36.4 Å². The number of methoxy groups -OCH3 is 1. The van der Waals surface area contributed by atoms with E-state index >= 15 is 0 Å². The van der Waals surface area contributed by atoms with Gasteiger partial charge in [-0.15, -0.1) is 0 Å². The van der Waals surface area contributed by atoms with Gasteiger partial charge in [-0.3, -0.25) is 0 Å². The molecule has 1 saturated heterocycles. The molecule has 0 spiro atoms. The van der Waals surface area contributed by atoms with Crippen LogP contribution in [0.4, 0.5) is 5.69 Å². The van der Waals surface area contributed by atoms with Crippen LogP contribution in [0.5, 0.6) is 5.75 Å². The fourth-order valence-corrected chi connectivity index (χ4v) is 4.53. The molecule has 25 heavy (non-hydrogen) atoms. The van der Waals surface area contributed by atoms with Gasteiger partial charge in [0, 0.05) is 5.69 Å². The summed E-state index contributed by atoms with van der Waals surface area (Å²) in [5.41, 5.74) is 1.14. The number of rotatable bonds is 5. The normalized spacial score (nSPS) is 21.5. The number of esters is 1. The predicted octanol–water partition coefficient (Wildman–Crippen LogP) is 2.13. The molecule has 6 nitrogen and oxygen atoms in total. The molecule has 3 rings (SSSR count). The number of anilines is 1. The van der Waals surface area contributed by atoms with E-state index in [0.717, 1.165) is 5.69 Å². The summed E-state index contributed by atoms with van der Waals surface area (Å²) in [7, 11) is -1.70. The van der Waals surface area contributed by atoms with Crippen LogP contribution in [-0.4, -0.2) is 45.1 Å². The van der Waals surface area contributed by atoms with Gasteiger partial charge in [0.2, 0.25) is 0 Å². The number of hydrogen-bond acceptors (Lipinski definition) is 6. The Bertz CT molecular complexity index is 834. The van der Waals surface area contributed by atoms with Crippen LogP contribution in [0, 0.1) is 0 Å². The number of benzene rings is 2. The standard InChI is InChI=1S/C18H19NO5S/c1-23-15-9-7-14(8-10-15)19-16-11-25(21,22)12-17(16)24-18(20)13-5-3-2-4-6-13/h2-10,16-17,19H,11-12H2,1H3. The summed E-state index contributed by atoms with van der Waals surface area (Å²) >= 11 is 0. The molecule has 0 radical (unpaired) electrons. The van der Waals surface area contributed by atoms with Crippen LogP contribution in [0.25, 0.3) is 0 Å². The zero-order chi connectivity index (χ0) is 17.9. The molecule has 7 heteroatoms. The van der Waals surface area contributed by atoms with Crippen molar-refractivity contribution in [3.05, 3.63) is 60.2 Å². The van der Waals surface area contributed by atoms with E-state index in [4.69, 9.17) is 9.47 Å². The molecular weight excluding hydrogens is 342 g/mol. The largest absolute Gasteiger partial charge is 0.497 e. The zero-order valence-electron chi connectivity index (χ0n) is 13.7. The van der Waals surface area contributed by atoms with Gasteiger partial charge in [-0.25, -0.2) is 13.2 Å². The fraction of sp³-hybridized carbons (Fsp3) is 0.278. The van der Waals surface area contributed by atoms with E-state index in [1.54, 1.807) is 61.7 Å². The minimum atomic E-state index is -3.27. The first kappa shape index (κ1) is 17.3. The van der Waals surface area contributed by atoms with Crippen LogP contribution in [0.1, 0.15) is 10.4 Å². The molecule has 1 N–H and O–H groups in total. The second-order valence-corrected chi connectivity index (χ2v) is 8.02. The monoisotopic (exact) mass is 361 g/mol. The summed E-state index contributed by atoms with van der Waals surface area (Å²) in [5, 5.41) is 3.14. The minimum Gasteiger partial charge on any atom is -0.497 e. The third-order valence-corrected chi connectivity index (χ3v) is 5.71. The van der Waals surface area contributed by atoms with Gasteiger partial charge in [0.05, 0.1) is 30.2 Å². The molecule has 2 aromatic carbocycles. The molecule has 1 aliphatic rings. The maximum Gasteiger partial charge on any atom is 0.338 e. The maximum atomic E-state index is 12.2. The highest BCUT2D eigenvalue weighted by atomic mass is 32.2. The molecule has 1 aliphatic heterocycles. The molecule has 1 heterocycles. The molecule has 2 atom stereocenters. The van der Waals surface area contributed by atoms with E-state index < -0.39 is 28.0 Å². The van der Waals surface area contributed by atoms with Crippen molar-refractivity contribution in [2.75, 3.05) is 23.9 Å². The van der Waals surface area contributed by atoms with Gasteiger partial charge in [0.1, 0.15) is 11.9 Å². The Balaban J connectivity index is 1.73. The van der Waals surface area contributed by atoms with Crippen molar-refractivity contribution in [2.24, 2.45) is 0 Å². The van der Waals surface area contributed by atoms with Crippen molar-refractivity contribution < 1.29 is 22.7 Å². The van der Waals surface area contributed by atoms with Crippen molar-refractivity contribution in [1.29, 1.82) is 0 Å². The number of carbonyl (C=O) groups excluding carboxylic acids is 1. The highest BCUT2D eigenvalue weighted by molar-refractivity contribution is 7.91. The summed E-state index contributed by atoms with van der Waals surface area (Å²) in [4.78, 5) is 12.2. The van der Waals surface area contributed by atoms with Gasteiger partial charge in [-0.2, -0.15) is 0 Å². The van der Waals surface area contributed by atoms with E-state index in [1.807, 2.05) is 0 Å². The molecule has 0 aromatic heterocycles. The van der Waals surface area contributed by atoms with Crippen LogP contribution in [0.15, 0.2) is 54.6 Å². The Morgan fingerprint density at radius 1 is 1.04 bits per heavy atom. The quantitative estimate of drug-likeness (QED) is 0.822. The van der Waals surface area contributed by atoms with Gasteiger partial charge in [0.15, 0.2) is 9.84 Å². The van der Waals surface area contributed by atoms with Crippen LogP contribution in [0.2, 0.25) is 0 Å². The van der Waals surface area contributed by atoms with Crippen molar-refractivity contribution in [3.63, 3.8) is 0 Å². The topological polar surface area (TPSA) is 81.7 Å². The first-order valence-electron chi connectivity index (χ1n) is 7.84. The third-order valence-electron chi connectivity index (χ3n) is 4.01.